The first-order valence-electron chi connectivity index (χ1n) is 9.63. The summed E-state index contributed by atoms with van der Waals surface area (Å²) in [4.78, 5) is 19.4. The zero-order valence-electron chi connectivity index (χ0n) is 16.2. The van der Waals surface area contributed by atoms with Crippen molar-refractivity contribution in [3.05, 3.63) is 66.5 Å². The van der Waals surface area contributed by atoms with Gasteiger partial charge in [-0.1, -0.05) is 30.3 Å². The highest BCUT2D eigenvalue weighted by atomic mass is 16.2. The summed E-state index contributed by atoms with van der Waals surface area (Å²) in [5, 5.41) is 7.62. The third-order valence-electron chi connectivity index (χ3n) is 5.30. The van der Waals surface area contributed by atoms with Crippen molar-refractivity contribution in [2.45, 2.75) is 31.3 Å². The molecule has 0 bridgehead atoms. The number of nitrogens with zero attached hydrogens (tertiary/aromatic N) is 4. The third kappa shape index (κ3) is 4.12. The van der Waals surface area contributed by atoms with Gasteiger partial charge in [0.2, 0.25) is 5.91 Å². The number of carbonyl (C=O) groups excluding carboxylic acids is 1. The van der Waals surface area contributed by atoms with E-state index in [-0.39, 0.29) is 11.9 Å². The Morgan fingerprint density at radius 1 is 1.21 bits per heavy atom. The first-order chi connectivity index (χ1) is 13.6. The van der Waals surface area contributed by atoms with Gasteiger partial charge in [0.05, 0.1) is 11.7 Å². The first kappa shape index (κ1) is 18.4. The fourth-order valence-corrected chi connectivity index (χ4v) is 3.45. The van der Waals surface area contributed by atoms with Crippen LogP contribution in [0.1, 0.15) is 18.4 Å². The number of carbonyl (C=O) groups is 1. The Hall–Kier alpha value is -2.99. The largest absolute Gasteiger partial charge is 0.310 e. The van der Waals surface area contributed by atoms with Crippen molar-refractivity contribution >= 4 is 11.7 Å². The van der Waals surface area contributed by atoms with Crippen LogP contribution in [0.5, 0.6) is 0 Å². The number of aryl methyl sites for hydroxylation is 1. The molecule has 1 fully saturated rings. The summed E-state index contributed by atoms with van der Waals surface area (Å²) in [7, 11) is 3.90. The van der Waals surface area contributed by atoms with Crippen molar-refractivity contribution in [2.75, 3.05) is 12.4 Å². The maximum Gasteiger partial charge on any atom is 0.243 e. The Morgan fingerprint density at radius 3 is 2.61 bits per heavy atom. The van der Waals surface area contributed by atoms with Crippen molar-refractivity contribution in [1.29, 1.82) is 0 Å². The average molecular weight is 375 g/mol. The lowest BCUT2D eigenvalue weighted by atomic mass is 10.0. The van der Waals surface area contributed by atoms with Crippen LogP contribution in [0.15, 0.2) is 60.9 Å². The number of hydrogen-bond donors (Lipinski definition) is 1. The first-order valence-corrected chi connectivity index (χ1v) is 9.63. The molecule has 1 saturated carbocycles. The van der Waals surface area contributed by atoms with E-state index in [1.54, 1.807) is 17.1 Å². The van der Waals surface area contributed by atoms with Crippen LogP contribution in [0.2, 0.25) is 0 Å². The van der Waals surface area contributed by atoms with Gasteiger partial charge in [-0.05, 0) is 44.0 Å². The molecular formula is C22H25N5O. The smallest absolute Gasteiger partial charge is 0.243 e. The van der Waals surface area contributed by atoms with Crippen molar-refractivity contribution in [1.82, 2.24) is 19.7 Å². The van der Waals surface area contributed by atoms with Gasteiger partial charge < -0.3 is 5.32 Å². The molecule has 6 heteroatoms. The van der Waals surface area contributed by atoms with Crippen LogP contribution >= 0.6 is 0 Å². The Bertz CT molecular complexity index is 934. The van der Waals surface area contributed by atoms with E-state index >= 15 is 0 Å². The predicted octanol–water partition coefficient (Wildman–Crippen LogP) is 3.13. The van der Waals surface area contributed by atoms with Gasteiger partial charge in [0.15, 0.2) is 0 Å². The van der Waals surface area contributed by atoms with Crippen LogP contribution in [-0.2, 0) is 18.3 Å². The number of anilines is 1. The molecule has 0 spiro atoms. The molecule has 144 valence electrons. The molecule has 1 amide bonds. The molecule has 1 aromatic carbocycles. The van der Waals surface area contributed by atoms with Crippen LogP contribution in [0.25, 0.3) is 11.3 Å². The lowest BCUT2D eigenvalue weighted by Crippen LogP contribution is -2.44. The second kappa shape index (κ2) is 7.94. The highest BCUT2D eigenvalue weighted by molar-refractivity contribution is 5.94. The highest BCUT2D eigenvalue weighted by Crippen LogP contribution is 2.29. The molecule has 2 aromatic heterocycles. The normalized spacial score (nSPS) is 14.8. The second-order valence-corrected chi connectivity index (χ2v) is 7.37. The van der Waals surface area contributed by atoms with Crippen molar-refractivity contribution in [3.63, 3.8) is 0 Å². The molecule has 4 rings (SSSR count). The second-order valence-electron chi connectivity index (χ2n) is 7.37. The minimum absolute atomic E-state index is 0.00234. The van der Waals surface area contributed by atoms with Gasteiger partial charge in [-0.15, -0.1) is 0 Å². The number of pyridine rings is 1. The number of amides is 1. The Morgan fingerprint density at radius 2 is 1.93 bits per heavy atom. The predicted molar refractivity (Wildman–Crippen MR) is 110 cm³/mol. The molecule has 3 aromatic rings. The van der Waals surface area contributed by atoms with Crippen molar-refractivity contribution in [3.8, 4) is 11.3 Å². The Kier molecular flexibility index (Phi) is 5.21. The fourth-order valence-electron chi connectivity index (χ4n) is 3.45. The maximum atomic E-state index is 13.2. The molecule has 2 heterocycles. The Labute approximate surface area is 165 Å². The molecule has 6 nitrogen and oxygen atoms in total. The molecule has 1 aliphatic carbocycles. The zero-order valence-corrected chi connectivity index (χ0v) is 16.2. The van der Waals surface area contributed by atoms with E-state index in [1.165, 1.54) is 0 Å². The van der Waals surface area contributed by atoms with E-state index in [4.69, 9.17) is 0 Å². The standard InChI is InChI=1S/C22H25N5O/c1-26(18-8-9-18)20(14-16-6-4-3-5-7-16)22(28)24-21-15-19(25-27(21)2)17-10-12-23-13-11-17/h3-7,10-13,15,18,20H,8-9,14H2,1-2H3,(H,24,28)/t20-/m0/s1. The molecule has 0 saturated heterocycles. The van der Waals surface area contributed by atoms with Crippen LogP contribution < -0.4 is 5.32 Å². The number of nitrogens with one attached hydrogen (secondary N) is 1. The lowest BCUT2D eigenvalue weighted by molar-refractivity contribution is -0.121. The number of hydrogen-bond acceptors (Lipinski definition) is 4. The minimum Gasteiger partial charge on any atom is -0.310 e. The summed E-state index contributed by atoms with van der Waals surface area (Å²) in [5.74, 6) is 0.696. The van der Waals surface area contributed by atoms with Crippen molar-refractivity contribution in [2.24, 2.45) is 7.05 Å². The highest BCUT2D eigenvalue weighted by Gasteiger charge is 2.35. The average Bonchev–Trinajstić information content (AvgIpc) is 3.51. The molecule has 0 unspecified atom stereocenters. The summed E-state index contributed by atoms with van der Waals surface area (Å²) in [6.07, 6.45) is 6.49. The quantitative estimate of drug-likeness (QED) is 0.689. The molecule has 0 radical (unpaired) electrons. The van der Waals surface area contributed by atoms with E-state index in [9.17, 15) is 4.79 Å². The van der Waals surface area contributed by atoms with Gasteiger partial charge in [0.25, 0.3) is 0 Å². The molecule has 1 atom stereocenters. The van der Waals surface area contributed by atoms with Gasteiger partial charge in [-0.2, -0.15) is 5.10 Å². The van der Waals surface area contributed by atoms with Crippen molar-refractivity contribution < 1.29 is 4.79 Å². The van der Waals surface area contributed by atoms with E-state index < -0.39 is 0 Å². The fraction of sp³-hybridized carbons (Fsp3) is 0.318. The minimum atomic E-state index is -0.214. The maximum absolute atomic E-state index is 13.2. The molecule has 1 aliphatic rings. The SMILES string of the molecule is CN(C1CC1)[C@@H](Cc1ccccc1)C(=O)Nc1cc(-c2ccncc2)nn1C. The van der Waals surface area contributed by atoms with Crippen LogP contribution in [0, 0.1) is 0 Å². The number of benzene rings is 1. The van der Waals surface area contributed by atoms with Gasteiger partial charge in [-0.3, -0.25) is 19.4 Å². The number of likely N-dealkylation sites (N-methyl/N-ethyl adjacent to an activating group) is 1. The monoisotopic (exact) mass is 375 g/mol. The van der Waals surface area contributed by atoms with Gasteiger partial charge >= 0.3 is 0 Å². The molecule has 0 aliphatic heterocycles. The van der Waals surface area contributed by atoms with Gasteiger partial charge in [0.1, 0.15) is 5.82 Å². The van der Waals surface area contributed by atoms with Crippen LogP contribution in [0.4, 0.5) is 5.82 Å². The topological polar surface area (TPSA) is 63.1 Å². The summed E-state index contributed by atoms with van der Waals surface area (Å²) >= 11 is 0. The van der Waals surface area contributed by atoms with E-state index in [1.807, 2.05) is 43.4 Å². The number of aromatic nitrogens is 3. The van der Waals surface area contributed by atoms with E-state index in [2.05, 4.69) is 39.5 Å². The zero-order chi connectivity index (χ0) is 19.5. The summed E-state index contributed by atoms with van der Waals surface area (Å²) < 4.78 is 1.71. The molecule has 28 heavy (non-hydrogen) atoms. The third-order valence-corrected chi connectivity index (χ3v) is 5.30. The number of rotatable bonds is 7. The van der Waals surface area contributed by atoms with Crippen LogP contribution in [-0.4, -0.2) is 44.7 Å². The Balaban J connectivity index is 1.53. The van der Waals surface area contributed by atoms with Crippen LogP contribution in [0.3, 0.4) is 0 Å². The summed E-state index contributed by atoms with van der Waals surface area (Å²) in [6.45, 7) is 0. The summed E-state index contributed by atoms with van der Waals surface area (Å²) in [5.41, 5.74) is 2.95. The van der Waals surface area contributed by atoms with Gasteiger partial charge in [-0.25, -0.2) is 0 Å². The van der Waals surface area contributed by atoms with E-state index in [0.717, 1.165) is 29.7 Å². The molecule has 1 N–H and O–H groups in total. The lowest BCUT2D eigenvalue weighted by Gasteiger charge is -2.27. The van der Waals surface area contributed by atoms with E-state index in [0.29, 0.717) is 18.3 Å². The summed E-state index contributed by atoms with van der Waals surface area (Å²) in [6, 6.07) is 16.2. The van der Waals surface area contributed by atoms with Gasteiger partial charge in [0, 0.05) is 37.1 Å². The molecular weight excluding hydrogens is 350 g/mol.